The van der Waals surface area contributed by atoms with Crippen LogP contribution < -0.4 is 5.32 Å². The van der Waals surface area contributed by atoms with Gasteiger partial charge in [0.1, 0.15) is 0 Å². The lowest BCUT2D eigenvalue weighted by Gasteiger charge is -2.38. The summed E-state index contributed by atoms with van der Waals surface area (Å²) in [6, 6.07) is 21.8. The van der Waals surface area contributed by atoms with Gasteiger partial charge in [0.15, 0.2) is 0 Å². The van der Waals surface area contributed by atoms with Crippen LogP contribution in [0.5, 0.6) is 0 Å². The fourth-order valence-corrected chi connectivity index (χ4v) is 4.51. The molecule has 5 rings (SSSR count). The minimum Gasteiger partial charge on any atom is -0.378 e. The van der Waals surface area contributed by atoms with E-state index in [0.717, 1.165) is 11.4 Å². The molecular weight excluding hydrogens is 314 g/mol. The summed E-state index contributed by atoms with van der Waals surface area (Å²) >= 11 is 6.08. The molecule has 2 heteroatoms. The van der Waals surface area contributed by atoms with Crippen LogP contribution in [0, 0.1) is 5.92 Å². The number of hydrogen-bond acceptors (Lipinski definition) is 1. The van der Waals surface area contributed by atoms with Crippen LogP contribution in [0.2, 0.25) is 5.02 Å². The molecule has 0 saturated carbocycles. The smallest absolute Gasteiger partial charge is 0.0553 e. The molecule has 0 bridgehead atoms. The number of benzene rings is 3. The van der Waals surface area contributed by atoms with Gasteiger partial charge in [0.05, 0.1) is 6.04 Å². The van der Waals surface area contributed by atoms with Crippen LogP contribution in [0.3, 0.4) is 0 Å². The molecule has 1 N–H and O–H groups in total. The second-order valence-corrected chi connectivity index (χ2v) is 7.21. The number of allylic oxidation sites excluding steroid dienone is 2. The van der Waals surface area contributed by atoms with E-state index in [9.17, 15) is 0 Å². The number of nitrogens with one attached hydrogen (secondary N) is 1. The highest BCUT2D eigenvalue weighted by Gasteiger charge is 2.38. The monoisotopic (exact) mass is 331 g/mol. The van der Waals surface area contributed by atoms with Crippen LogP contribution in [0.15, 0.2) is 72.8 Å². The molecule has 1 heterocycles. The maximum atomic E-state index is 6.08. The van der Waals surface area contributed by atoms with Crippen molar-refractivity contribution in [2.75, 3.05) is 5.32 Å². The van der Waals surface area contributed by atoms with Gasteiger partial charge in [0, 0.05) is 16.6 Å². The van der Waals surface area contributed by atoms with Crippen molar-refractivity contribution in [1.29, 1.82) is 0 Å². The summed E-state index contributed by atoms with van der Waals surface area (Å²) in [7, 11) is 0. The van der Waals surface area contributed by atoms with E-state index in [4.69, 9.17) is 11.6 Å². The van der Waals surface area contributed by atoms with Gasteiger partial charge in [-0.3, -0.25) is 0 Å². The number of rotatable bonds is 1. The van der Waals surface area contributed by atoms with Crippen molar-refractivity contribution in [3.05, 3.63) is 89.0 Å². The molecule has 2 aliphatic rings. The normalized spacial score (nSPS) is 24.5. The third-order valence-corrected chi connectivity index (χ3v) is 5.74. The topological polar surface area (TPSA) is 12.0 Å². The molecule has 3 aromatic rings. The molecule has 0 aromatic heterocycles. The maximum absolute atomic E-state index is 6.08. The predicted molar refractivity (Wildman–Crippen MR) is 102 cm³/mol. The van der Waals surface area contributed by atoms with Crippen molar-refractivity contribution in [3.63, 3.8) is 0 Å². The van der Waals surface area contributed by atoms with E-state index in [1.54, 1.807) is 0 Å². The summed E-state index contributed by atoms with van der Waals surface area (Å²) in [6.07, 6.45) is 5.87. The van der Waals surface area contributed by atoms with Gasteiger partial charge in [-0.05, 0) is 52.4 Å². The van der Waals surface area contributed by atoms with E-state index < -0.39 is 0 Å². The molecule has 0 saturated heterocycles. The number of halogens is 1. The third kappa shape index (κ3) is 2.08. The Morgan fingerprint density at radius 2 is 1.75 bits per heavy atom. The van der Waals surface area contributed by atoms with Gasteiger partial charge < -0.3 is 5.32 Å². The molecule has 118 valence electrons. The minimum atomic E-state index is 0.330. The second-order valence-electron chi connectivity index (χ2n) is 6.77. The van der Waals surface area contributed by atoms with E-state index in [2.05, 4.69) is 66.0 Å². The maximum Gasteiger partial charge on any atom is 0.0553 e. The molecule has 3 atom stereocenters. The minimum absolute atomic E-state index is 0.330. The predicted octanol–water partition coefficient (Wildman–Crippen LogP) is 6.32. The van der Waals surface area contributed by atoms with E-state index in [1.165, 1.54) is 27.6 Å². The Kier molecular flexibility index (Phi) is 3.17. The van der Waals surface area contributed by atoms with E-state index in [1.807, 2.05) is 12.1 Å². The highest BCUT2D eigenvalue weighted by Crippen LogP contribution is 2.51. The Morgan fingerprint density at radius 3 is 2.62 bits per heavy atom. The van der Waals surface area contributed by atoms with Gasteiger partial charge in [-0.1, -0.05) is 66.2 Å². The molecule has 0 radical (unpaired) electrons. The first-order chi connectivity index (χ1) is 11.8. The van der Waals surface area contributed by atoms with Crippen molar-refractivity contribution in [1.82, 2.24) is 0 Å². The van der Waals surface area contributed by atoms with Crippen LogP contribution in [0.4, 0.5) is 5.69 Å². The summed E-state index contributed by atoms with van der Waals surface area (Å²) in [5, 5.41) is 7.30. The Balaban J connectivity index is 1.67. The average Bonchev–Trinajstić information content (AvgIpc) is 3.11. The zero-order valence-corrected chi connectivity index (χ0v) is 14.0. The van der Waals surface area contributed by atoms with E-state index >= 15 is 0 Å². The highest BCUT2D eigenvalue weighted by atomic mass is 35.5. The van der Waals surface area contributed by atoms with Crippen molar-refractivity contribution in [2.24, 2.45) is 5.92 Å². The Morgan fingerprint density at radius 1 is 0.917 bits per heavy atom. The van der Waals surface area contributed by atoms with Crippen LogP contribution in [0.1, 0.15) is 29.5 Å². The van der Waals surface area contributed by atoms with Gasteiger partial charge in [0.2, 0.25) is 0 Å². The van der Waals surface area contributed by atoms with E-state index in [0.29, 0.717) is 17.9 Å². The van der Waals surface area contributed by atoms with Crippen LogP contribution in [0.25, 0.3) is 10.8 Å². The standard InChI is InChI=1S/C22H18ClN/c23-16-11-8-15(9-12-16)22-19-7-3-6-18(19)21-17-5-2-1-4-14(17)10-13-20(21)24-22/h1-6,8-13,18-19,22,24H,7H2/t18-,19+,22+/m1/s1. The Hall–Kier alpha value is -2.25. The van der Waals surface area contributed by atoms with Crippen molar-refractivity contribution in [3.8, 4) is 0 Å². The average molecular weight is 332 g/mol. The second kappa shape index (κ2) is 5.39. The Labute approximate surface area is 147 Å². The SMILES string of the molecule is Clc1ccc([C@@H]2Nc3ccc4ccccc4c3[C@@H]3C=CC[C@@H]32)cc1. The van der Waals surface area contributed by atoms with Crippen molar-refractivity contribution < 1.29 is 0 Å². The van der Waals surface area contributed by atoms with Crippen molar-refractivity contribution >= 4 is 28.1 Å². The zero-order chi connectivity index (χ0) is 16.1. The lowest BCUT2D eigenvalue weighted by Crippen LogP contribution is -2.29. The Bertz CT molecular complexity index is 942. The number of hydrogen-bond donors (Lipinski definition) is 1. The van der Waals surface area contributed by atoms with Gasteiger partial charge in [-0.25, -0.2) is 0 Å². The molecule has 0 unspecified atom stereocenters. The quantitative estimate of drug-likeness (QED) is 0.514. The fourth-order valence-electron chi connectivity index (χ4n) is 4.38. The third-order valence-electron chi connectivity index (χ3n) is 5.49. The molecule has 1 aliphatic carbocycles. The van der Waals surface area contributed by atoms with Crippen LogP contribution in [-0.4, -0.2) is 0 Å². The van der Waals surface area contributed by atoms with Gasteiger partial charge in [0.25, 0.3) is 0 Å². The van der Waals surface area contributed by atoms with Gasteiger partial charge in [-0.2, -0.15) is 0 Å². The summed E-state index contributed by atoms with van der Waals surface area (Å²) in [4.78, 5) is 0. The molecule has 0 spiro atoms. The van der Waals surface area contributed by atoms with Gasteiger partial charge >= 0.3 is 0 Å². The lowest BCUT2D eigenvalue weighted by atomic mass is 9.75. The molecule has 24 heavy (non-hydrogen) atoms. The molecule has 1 aliphatic heterocycles. The molecule has 3 aromatic carbocycles. The van der Waals surface area contributed by atoms with Crippen LogP contribution in [-0.2, 0) is 0 Å². The summed E-state index contributed by atoms with van der Waals surface area (Å²) in [5.41, 5.74) is 4.04. The summed E-state index contributed by atoms with van der Waals surface area (Å²) in [5.74, 6) is 1.04. The molecule has 0 fully saturated rings. The summed E-state index contributed by atoms with van der Waals surface area (Å²) < 4.78 is 0. The fraction of sp³-hybridized carbons (Fsp3) is 0.182. The molecular formula is C22H18ClN. The summed E-state index contributed by atoms with van der Waals surface area (Å²) in [6.45, 7) is 0. The first-order valence-electron chi connectivity index (χ1n) is 8.51. The number of fused-ring (bicyclic) bond motifs is 5. The van der Waals surface area contributed by atoms with Crippen molar-refractivity contribution in [2.45, 2.75) is 18.4 Å². The largest absolute Gasteiger partial charge is 0.378 e. The van der Waals surface area contributed by atoms with Crippen LogP contribution >= 0.6 is 11.6 Å². The molecule has 1 nitrogen and oxygen atoms in total. The first-order valence-corrected chi connectivity index (χ1v) is 8.89. The zero-order valence-electron chi connectivity index (χ0n) is 13.2. The highest BCUT2D eigenvalue weighted by molar-refractivity contribution is 6.30. The number of anilines is 1. The lowest BCUT2D eigenvalue weighted by molar-refractivity contribution is 0.427. The van der Waals surface area contributed by atoms with E-state index in [-0.39, 0.29) is 0 Å². The van der Waals surface area contributed by atoms with Gasteiger partial charge in [-0.15, -0.1) is 0 Å². The first kappa shape index (κ1) is 14.1. The molecule has 0 amide bonds.